The van der Waals surface area contributed by atoms with Crippen LogP contribution in [-0.4, -0.2) is 36.4 Å². The highest BCUT2D eigenvalue weighted by Crippen LogP contribution is 2.20. The molecule has 0 unspecified atom stereocenters. The number of hydrogen-bond acceptors (Lipinski definition) is 5. The number of benzene rings is 2. The number of hydrogen-bond donors (Lipinski definition) is 1. The number of aromatic nitrogens is 1. The fourth-order valence-corrected chi connectivity index (χ4v) is 4.33. The van der Waals surface area contributed by atoms with E-state index in [0.29, 0.717) is 10.6 Å². The predicted octanol–water partition coefficient (Wildman–Crippen LogP) is 3.38. The Balaban J connectivity index is 1.80. The molecule has 0 aliphatic carbocycles. The summed E-state index contributed by atoms with van der Waals surface area (Å²) >= 11 is 5.89. The Morgan fingerprint density at radius 2 is 1.94 bits per heavy atom. The number of carbonyl (C=O) groups is 1. The molecule has 0 aliphatic heterocycles. The second kappa shape index (κ2) is 10.3. The molecule has 1 amide bonds. The van der Waals surface area contributed by atoms with E-state index >= 15 is 0 Å². The molecule has 7 nitrogen and oxygen atoms in total. The van der Waals surface area contributed by atoms with Crippen LogP contribution in [0, 0.1) is 6.92 Å². The van der Waals surface area contributed by atoms with Crippen molar-refractivity contribution in [3.8, 4) is 0 Å². The van der Waals surface area contributed by atoms with Crippen molar-refractivity contribution in [3.63, 3.8) is 0 Å². The molecule has 0 spiro atoms. The first-order valence-corrected chi connectivity index (χ1v) is 11.2. The third-order valence-electron chi connectivity index (χ3n) is 4.30. The number of amides is 1. The fraction of sp³-hybridized carbons (Fsp3) is 0.136. The summed E-state index contributed by atoms with van der Waals surface area (Å²) in [5, 5.41) is 4.30. The van der Waals surface area contributed by atoms with Crippen LogP contribution in [-0.2, 0) is 21.4 Å². The standard InChI is InChI=1S/C22H21ClN4O3S/c1-17-4-2-5-18(12-17)15-27(31(29,30)21-9-7-20(23)8-10-21)16-22(28)26-25-14-19-6-3-11-24-13-19/h2-14H,15-16H2,1H3,(H,26,28)/b25-14-. The molecular weight excluding hydrogens is 436 g/mol. The van der Waals surface area contributed by atoms with Gasteiger partial charge in [-0.3, -0.25) is 9.78 Å². The summed E-state index contributed by atoms with van der Waals surface area (Å²) < 4.78 is 27.6. The molecular formula is C22H21ClN4O3S. The molecule has 1 N–H and O–H groups in total. The third kappa shape index (κ3) is 6.45. The van der Waals surface area contributed by atoms with Gasteiger partial charge in [-0.1, -0.05) is 47.5 Å². The average Bonchev–Trinajstić information content (AvgIpc) is 2.74. The molecule has 0 atom stereocenters. The molecule has 1 aromatic heterocycles. The lowest BCUT2D eigenvalue weighted by atomic mass is 10.1. The van der Waals surface area contributed by atoms with Gasteiger partial charge in [-0.25, -0.2) is 13.8 Å². The van der Waals surface area contributed by atoms with Crippen molar-refractivity contribution >= 4 is 33.7 Å². The SMILES string of the molecule is Cc1cccc(CN(CC(=O)N/N=C\c2cccnc2)S(=O)(=O)c2ccc(Cl)cc2)c1. The van der Waals surface area contributed by atoms with Crippen molar-refractivity contribution in [1.82, 2.24) is 14.7 Å². The van der Waals surface area contributed by atoms with Gasteiger partial charge in [-0.2, -0.15) is 9.41 Å². The maximum atomic E-state index is 13.2. The van der Waals surface area contributed by atoms with Crippen molar-refractivity contribution in [2.24, 2.45) is 5.10 Å². The van der Waals surface area contributed by atoms with Crippen molar-refractivity contribution in [1.29, 1.82) is 0 Å². The second-order valence-corrected chi connectivity index (χ2v) is 9.17. The molecule has 160 valence electrons. The molecule has 3 aromatic rings. The van der Waals surface area contributed by atoms with E-state index in [9.17, 15) is 13.2 Å². The summed E-state index contributed by atoms with van der Waals surface area (Å²) in [4.78, 5) is 16.5. The van der Waals surface area contributed by atoms with E-state index in [4.69, 9.17) is 11.6 Å². The largest absolute Gasteiger partial charge is 0.272 e. The van der Waals surface area contributed by atoms with Crippen LogP contribution in [0.25, 0.3) is 0 Å². The lowest BCUT2D eigenvalue weighted by Crippen LogP contribution is -2.39. The first kappa shape index (κ1) is 22.6. The number of carbonyl (C=O) groups excluding carboxylic acids is 1. The van der Waals surface area contributed by atoms with E-state index in [1.54, 1.807) is 24.5 Å². The number of nitrogens with one attached hydrogen (secondary N) is 1. The van der Waals surface area contributed by atoms with E-state index < -0.39 is 22.5 Å². The van der Waals surface area contributed by atoms with Crippen LogP contribution in [0.2, 0.25) is 5.02 Å². The van der Waals surface area contributed by atoms with Gasteiger partial charge in [-0.15, -0.1) is 0 Å². The van der Waals surface area contributed by atoms with E-state index in [1.165, 1.54) is 30.5 Å². The highest BCUT2D eigenvalue weighted by Gasteiger charge is 2.27. The van der Waals surface area contributed by atoms with Gasteiger partial charge in [0.2, 0.25) is 10.0 Å². The smallest absolute Gasteiger partial charge is 0.255 e. The monoisotopic (exact) mass is 456 g/mol. The summed E-state index contributed by atoms with van der Waals surface area (Å²) in [5.74, 6) is -0.565. The second-order valence-electron chi connectivity index (χ2n) is 6.80. The zero-order valence-electron chi connectivity index (χ0n) is 16.8. The van der Waals surface area contributed by atoms with Gasteiger partial charge in [0, 0.05) is 29.5 Å². The van der Waals surface area contributed by atoms with E-state index in [2.05, 4.69) is 15.5 Å². The van der Waals surface area contributed by atoms with Crippen LogP contribution in [0.15, 0.2) is 83.1 Å². The van der Waals surface area contributed by atoms with Gasteiger partial charge in [0.25, 0.3) is 5.91 Å². The van der Waals surface area contributed by atoms with Crippen molar-refractivity contribution < 1.29 is 13.2 Å². The van der Waals surface area contributed by atoms with E-state index in [-0.39, 0.29) is 11.4 Å². The van der Waals surface area contributed by atoms with Gasteiger partial charge in [0.1, 0.15) is 0 Å². The fourth-order valence-electron chi connectivity index (χ4n) is 2.82. The third-order valence-corrected chi connectivity index (χ3v) is 6.36. The number of halogens is 1. The predicted molar refractivity (Wildman–Crippen MR) is 120 cm³/mol. The Hall–Kier alpha value is -3.07. The van der Waals surface area contributed by atoms with Gasteiger partial charge in [0.15, 0.2) is 0 Å². The molecule has 3 rings (SSSR count). The highest BCUT2D eigenvalue weighted by molar-refractivity contribution is 7.89. The number of nitrogens with zero attached hydrogens (tertiary/aromatic N) is 3. The first-order chi connectivity index (χ1) is 14.8. The lowest BCUT2D eigenvalue weighted by molar-refractivity contribution is -0.121. The van der Waals surface area contributed by atoms with Gasteiger partial charge >= 0.3 is 0 Å². The summed E-state index contributed by atoms with van der Waals surface area (Å²) in [6.45, 7) is 1.55. The van der Waals surface area contributed by atoms with Gasteiger partial charge in [0.05, 0.1) is 17.7 Å². The van der Waals surface area contributed by atoms with Crippen LogP contribution in [0.1, 0.15) is 16.7 Å². The molecule has 0 saturated heterocycles. The molecule has 0 saturated carbocycles. The minimum Gasteiger partial charge on any atom is -0.272 e. The molecule has 0 radical (unpaired) electrons. The molecule has 0 aliphatic rings. The van der Waals surface area contributed by atoms with Crippen LogP contribution in [0.3, 0.4) is 0 Å². The number of hydrazone groups is 1. The van der Waals surface area contributed by atoms with Crippen molar-refractivity contribution in [3.05, 3.63) is 94.8 Å². The Labute approximate surface area is 186 Å². The molecule has 9 heteroatoms. The Bertz CT molecular complexity index is 1170. The Kier molecular flexibility index (Phi) is 7.51. The zero-order chi connectivity index (χ0) is 22.3. The van der Waals surface area contributed by atoms with Crippen LogP contribution >= 0.6 is 11.6 Å². The van der Waals surface area contributed by atoms with Crippen molar-refractivity contribution in [2.75, 3.05) is 6.54 Å². The number of pyridine rings is 1. The summed E-state index contributed by atoms with van der Waals surface area (Å²) in [6, 6.07) is 16.8. The van der Waals surface area contributed by atoms with Crippen LogP contribution in [0.4, 0.5) is 0 Å². The molecule has 0 bridgehead atoms. The number of aryl methyl sites for hydroxylation is 1. The average molecular weight is 457 g/mol. The van der Waals surface area contributed by atoms with E-state index in [1.807, 2.05) is 31.2 Å². The zero-order valence-corrected chi connectivity index (χ0v) is 18.3. The molecule has 2 aromatic carbocycles. The topological polar surface area (TPSA) is 91.7 Å². The number of rotatable bonds is 8. The quantitative estimate of drug-likeness (QED) is 0.415. The minimum atomic E-state index is -3.95. The van der Waals surface area contributed by atoms with E-state index in [0.717, 1.165) is 15.4 Å². The minimum absolute atomic E-state index is 0.0341. The first-order valence-electron chi connectivity index (χ1n) is 9.38. The Morgan fingerprint density at radius 1 is 1.16 bits per heavy atom. The van der Waals surface area contributed by atoms with Gasteiger partial charge < -0.3 is 0 Å². The van der Waals surface area contributed by atoms with Crippen molar-refractivity contribution in [2.45, 2.75) is 18.4 Å². The summed E-state index contributed by atoms with van der Waals surface area (Å²) in [5.41, 5.74) is 4.83. The molecule has 1 heterocycles. The Morgan fingerprint density at radius 3 is 2.61 bits per heavy atom. The van der Waals surface area contributed by atoms with Crippen LogP contribution < -0.4 is 5.43 Å². The maximum Gasteiger partial charge on any atom is 0.255 e. The summed E-state index contributed by atoms with van der Waals surface area (Å²) in [6.07, 6.45) is 4.65. The normalized spacial score (nSPS) is 11.7. The highest BCUT2D eigenvalue weighted by atomic mass is 35.5. The maximum absolute atomic E-state index is 13.2. The number of sulfonamides is 1. The summed E-state index contributed by atoms with van der Waals surface area (Å²) in [7, 11) is -3.95. The van der Waals surface area contributed by atoms with Gasteiger partial charge in [-0.05, 0) is 42.8 Å². The molecule has 31 heavy (non-hydrogen) atoms. The van der Waals surface area contributed by atoms with Crippen LogP contribution in [0.5, 0.6) is 0 Å². The lowest BCUT2D eigenvalue weighted by Gasteiger charge is -2.21. The molecule has 0 fully saturated rings.